The number of nitrogens with zero attached hydrogens (tertiary/aromatic N) is 1. The number of hydrogen-bond acceptors (Lipinski definition) is 3. The monoisotopic (exact) mass is 264 g/mol. The highest BCUT2D eigenvalue weighted by Gasteiger charge is 2.03. The van der Waals surface area contributed by atoms with Gasteiger partial charge in [-0.15, -0.1) is 0 Å². The molecule has 0 saturated carbocycles. The number of nitrogens with two attached hydrogens (primary N) is 1. The third-order valence-electron chi connectivity index (χ3n) is 3.34. The van der Waals surface area contributed by atoms with Gasteiger partial charge in [-0.3, -0.25) is 0 Å². The lowest BCUT2D eigenvalue weighted by Crippen LogP contribution is -2.26. The topological polar surface area (TPSA) is 38.5 Å². The normalized spacial score (nSPS) is 10.9. The molecule has 2 N–H and O–H groups in total. The predicted octanol–water partition coefficient (Wildman–Crippen LogP) is 3.04. The van der Waals surface area contributed by atoms with Gasteiger partial charge < -0.3 is 15.4 Å². The van der Waals surface area contributed by atoms with E-state index in [2.05, 4.69) is 18.7 Å². The maximum absolute atomic E-state index is 5.82. The van der Waals surface area contributed by atoms with Crippen molar-refractivity contribution in [3.05, 3.63) is 29.8 Å². The van der Waals surface area contributed by atoms with Gasteiger partial charge in [0, 0.05) is 18.7 Å². The van der Waals surface area contributed by atoms with Gasteiger partial charge in [0.05, 0.1) is 6.61 Å². The van der Waals surface area contributed by atoms with Crippen LogP contribution in [0.5, 0.6) is 5.75 Å². The van der Waals surface area contributed by atoms with Crippen LogP contribution >= 0.6 is 0 Å². The molecular weight excluding hydrogens is 236 g/mol. The van der Waals surface area contributed by atoms with Crippen molar-refractivity contribution in [1.29, 1.82) is 0 Å². The molecule has 0 spiro atoms. The van der Waals surface area contributed by atoms with Crippen LogP contribution in [0.3, 0.4) is 0 Å². The minimum atomic E-state index is 0.535. The summed E-state index contributed by atoms with van der Waals surface area (Å²) < 4.78 is 5.82. The van der Waals surface area contributed by atoms with Crippen molar-refractivity contribution < 1.29 is 4.74 Å². The summed E-state index contributed by atoms with van der Waals surface area (Å²) in [5.74, 6) is 0.932. The maximum Gasteiger partial charge on any atom is 0.123 e. The van der Waals surface area contributed by atoms with Crippen molar-refractivity contribution >= 4 is 0 Å². The summed E-state index contributed by atoms with van der Waals surface area (Å²) in [4.78, 5) is 2.49. The van der Waals surface area contributed by atoms with Gasteiger partial charge in [-0.25, -0.2) is 0 Å². The number of rotatable bonds is 10. The first-order valence-corrected chi connectivity index (χ1v) is 7.44. The van der Waals surface area contributed by atoms with Crippen LogP contribution in [0.2, 0.25) is 0 Å². The predicted molar refractivity (Wildman–Crippen MR) is 81.5 cm³/mol. The zero-order chi connectivity index (χ0) is 13.9. The fourth-order valence-electron chi connectivity index (χ4n) is 2.09. The van der Waals surface area contributed by atoms with Crippen LogP contribution in [0.15, 0.2) is 24.3 Å². The molecule has 0 amide bonds. The second-order valence-electron chi connectivity index (χ2n) is 4.80. The Balaban J connectivity index is 2.26. The van der Waals surface area contributed by atoms with Crippen molar-refractivity contribution in [2.75, 3.05) is 26.2 Å². The molecule has 0 unspecified atom stereocenters. The fraction of sp³-hybridized carbons (Fsp3) is 0.625. The number of unbranched alkanes of at least 4 members (excludes halogenated alkanes) is 1. The van der Waals surface area contributed by atoms with Crippen molar-refractivity contribution in [2.24, 2.45) is 5.73 Å². The molecule has 3 heteroatoms. The number of ether oxygens (including phenoxy) is 1. The first-order valence-electron chi connectivity index (χ1n) is 7.44. The highest BCUT2D eigenvalue weighted by molar-refractivity contribution is 5.32. The van der Waals surface area contributed by atoms with Gasteiger partial charge in [0.15, 0.2) is 0 Å². The first-order chi connectivity index (χ1) is 9.31. The van der Waals surface area contributed by atoms with E-state index in [-0.39, 0.29) is 0 Å². The van der Waals surface area contributed by atoms with Gasteiger partial charge in [0.2, 0.25) is 0 Å². The van der Waals surface area contributed by atoms with E-state index in [4.69, 9.17) is 10.5 Å². The fourth-order valence-corrected chi connectivity index (χ4v) is 2.09. The van der Waals surface area contributed by atoms with Crippen LogP contribution in [0.1, 0.15) is 38.7 Å². The van der Waals surface area contributed by atoms with Crippen LogP contribution in [0, 0.1) is 0 Å². The summed E-state index contributed by atoms with van der Waals surface area (Å²) >= 11 is 0. The Morgan fingerprint density at radius 1 is 1.11 bits per heavy atom. The molecule has 0 heterocycles. The van der Waals surface area contributed by atoms with Gasteiger partial charge in [-0.1, -0.05) is 38.5 Å². The average Bonchev–Trinajstić information content (AvgIpc) is 2.47. The van der Waals surface area contributed by atoms with E-state index >= 15 is 0 Å². The summed E-state index contributed by atoms with van der Waals surface area (Å²) in [5, 5.41) is 0. The molecule has 1 aromatic rings. The lowest BCUT2D eigenvalue weighted by molar-refractivity contribution is 0.238. The molecule has 0 aliphatic rings. The Bertz CT molecular complexity index is 341. The summed E-state index contributed by atoms with van der Waals surface area (Å²) in [6.07, 6.45) is 3.61. The molecule has 1 rings (SSSR count). The maximum atomic E-state index is 5.82. The Labute approximate surface area is 117 Å². The van der Waals surface area contributed by atoms with Crippen molar-refractivity contribution in [2.45, 2.75) is 39.7 Å². The first kappa shape index (κ1) is 16.0. The summed E-state index contributed by atoms with van der Waals surface area (Å²) in [5.41, 5.74) is 6.78. The quantitative estimate of drug-likeness (QED) is 0.660. The molecular formula is C16H28N2O. The third kappa shape index (κ3) is 6.08. The van der Waals surface area contributed by atoms with Crippen LogP contribution in [0.4, 0.5) is 0 Å². The average molecular weight is 264 g/mol. The SMILES string of the molecule is CCCCN(CC)CCCOc1ccccc1CN. The molecule has 0 aromatic heterocycles. The lowest BCUT2D eigenvalue weighted by atomic mass is 10.2. The van der Waals surface area contributed by atoms with Crippen molar-refractivity contribution in [1.82, 2.24) is 4.90 Å². The number of para-hydroxylation sites is 1. The minimum Gasteiger partial charge on any atom is -0.493 e. The molecule has 0 aliphatic heterocycles. The minimum absolute atomic E-state index is 0.535. The summed E-state index contributed by atoms with van der Waals surface area (Å²) in [6.45, 7) is 9.20. The van der Waals surface area contributed by atoms with Crippen LogP contribution in [-0.2, 0) is 6.54 Å². The van der Waals surface area contributed by atoms with E-state index in [0.717, 1.165) is 37.4 Å². The molecule has 0 saturated heterocycles. The summed E-state index contributed by atoms with van der Waals surface area (Å²) in [7, 11) is 0. The Morgan fingerprint density at radius 3 is 2.53 bits per heavy atom. The smallest absolute Gasteiger partial charge is 0.123 e. The third-order valence-corrected chi connectivity index (χ3v) is 3.34. The van der Waals surface area contributed by atoms with Gasteiger partial charge in [-0.2, -0.15) is 0 Å². The lowest BCUT2D eigenvalue weighted by Gasteiger charge is -2.20. The van der Waals surface area contributed by atoms with E-state index in [9.17, 15) is 0 Å². The van der Waals surface area contributed by atoms with E-state index < -0.39 is 0 Å². The van der Waals surface area contributed by atoms with E-state index in [1.54, 1.807) is 0 Å². The highest BCUT2D eigenvalue weighted by Crippen LogP contribution is 2.17. The Kier molecular flexibility index (Phi) is 8.26. The molecule has 0 fully saturated rings. The van der Waals surface area contributed by atoms with Gasteiger partial charge in [-0.05, 0) is 32.0 Å². The summed E-state index contributed by atoms with van der Waals surface area (Å²) in [6, 6.07) is 8.01. The number of hydrogen-bond donors (Lipinski definition) is 1. The van der Waals surface area contributed by atoms with Crippen LogP contribution in [0.25, 0.3) is 0 Å². The molecule has 0 aliphatic carbocycles. The second kappa shape index (κ2) is 9.82. The molecule has 19 heavy (non-hydrogen) atoms. The molecule has 0 atom stereocenters. The van der Waals surface area contributed by atoms with Gasteiger partial charge >= 0.3 is 0 Å². The standard InChI is InChI=1S/C16H28N2O/c1-3-5-11-18(4-2)12-8-13-19-16-10-7-6-9-15(16)14-17/h6-7,9-10H,3-5,8,11-14,17H2,1-2H3. The molecule has 108 valence electrons. The Morgan fingerprint density at radius 2 is 1.84 bits per heavy atom. The van der Waals surface area contributed by atoms with Crippen LogP contribution in [-0.4, -0.2) is 31.1 Å². The van der Waals surface area contributed by atoms with Crippen molar-refractivity contribution in [3.8, 4) is 5.75 Å². The number of benzene rings is 1. The van der Waals surface area contributed by atoms with Crippen LogP contribution < -0.4 is 10.5 Å². The Hall–Kier alpha value is -1.06. The molecule has 0 bridgehead atoms. The van der Waals surface area contributed by atoms with E-state index in [1.807, 2.05) is 24.3 Å². The molecule has 0 radical (unpaired) electrons. The second-order valence-corrected chi connectivity index (χ2v) is 4.80. The molecule has 1 aromatic carbocycles. The van der Waals surface area contributed by atoms with Gasteiger partial charge in [0.1, 0.15) is 5.75 Å². The largest absolute Gasteiger partial charge is 0.493 e. The zero-order valence-corrected chi connectivity index (χ0v) is 12.4. The van der Waals surface area contributed by atoms with E-state index in [0.29, 0.717) is 6.54 Å². The van der Waals surface area contributed by atoms with E-state index in [1.165, 1.54) is 19.4 Å². The zero-order valence-electron chi connectivity index (χ0n) is 12.4. The highest BCUT2D eigenvalue weighted by atomic mass is 16.5. The van der Waals surface area contributed by atoms with Crippen molar-refractivity contribution in [3.63, 3.8) is 0 Å². The molecule has 3 nitrogen and oxygen atoms in total. The van der Waals surface area contributed by atoms with Gasteiger partial charge in [0.25, 0.3) is 0 Å².